The molecule has 0 aliphatic rings. The van der Waals surface area contributed by atoms with Crippen LogP contribution in [0.25, 0.3) is 0 Å². The van der Waals surface area contributed by atoms with Gasteiger partial charge >= 0.3 is 0 Å². The molecule has 2 aromatic carbocycles. The predicted molar refractivity (Wildman–Crippen MR) is 108 cm³/mol. The van der Waals surface area contributed by atoms with E-state index in [0.29, 0.717) is 19.1 Å². The molecular weight excluding hydrogens is 322 g/mol. The maximum Gasteiger partial charge on any atom is 0.194 e. The van der Waals surface area contributed by atoms with Gasteiger partial charge in [-0.15, -0.1) is 0 Å². The summed E-state index contributed by atoms with van der Waals surface area (Å²) < 4.78 is 0. The molecule has 3 heteroatoms. The number of rotatable bonds is 9. The van der Waals surface area contributed by atoms with Crippen LogP contribution in [0.4, 0.5) is 0 Å². The van der Waals surface area contributed by atoms with Crippen molar-refractivity contribution in [3.63, 3.8) is 0 Å². The first-order chi connectivity index (χ1) is 12.4. The number of nitrogens with zero attached hydrogens (tertiary/aromatic N) is 1. The van der Waals surface area contributed by atoms with E-state index in [1.54, 1.807) is 0 Å². The lowest BCUT2D eigenvalue weighted by molar-refractivity contribution is -1.23. The molecule has 0 fully saturated rings. The quantitative estimate of drug-likeness (QED) is 0.418. The van der Waals surface area contributed by atoms with Crippen LogP contribution in [0.5, 0.6) is 5.75 Å². The minimum absolute atomic E-state index is 0.143. The van der Waals surface area contributed by atoms with Crippen LogP contribution in [0, 0.1) is 19.8 Å². The Hall–Kier alpha value is -1.84. The highest BCUT2D eigenvalue weighted by Gasteiger charge is 2.32. The maximum absolute atomic E-state index is 6.37. The van der Waals surface area contributed by atoms with Crippen LogP contribution in [0.15, 0.2) is 42.5 Å². The number of quaternary nitrogens is 1. The largest absolute Gasteiger partial charge is 0.280 e. The zero-order chi connectivity index (χ0) is 19.2. The smallest absolute Gasteiger partial charge is 0.194 e. The molecule has 0 aromatic heterocycles. The Morgan fingerprint density at radius 1 is 0.962 bits per heavy atom. The molecular formula is C23H34NO2+. The Labute approximate surface area is 159 Å². The third-order valence-electron chi connectivity index (χ3n) is 4.81. The highest BCUT2D eigenvalue weighted by Crippen LogP contribution is 2.25. The summed E-state index contributed by atoms with van der Waals surface area (Å²) in [6, 6.07) is 14.8. The van der Waals surface area contributed by atoms with Crippen molar-refractivity contribution in [1.82, 2.24) is 0 Å². The van der Waals surface area contributed by atoms with Crippen molar-refractivity contribution < 1.29 is 14.5 Å². The van der Waals surface area contributed by atoms with Crippen LogP contribution in [0.2, 0.25) is 0 Å². The molecule has 1 atom stereocenters. The van der Waals surface area contributed by atoms with Gasteiger partial charge in [0.05, 0.1) is 0 Å². The van der Waals surface area contributed by atoms with Gasteiger partial charge in [0.2, 0.25) is 0 Å². The second-order valence-corrected chi connectivity index (χ2v) is 7.40. The first-order valence-electron chi connectivity index (χ1n) is 9.74. The molecule has 2 rings (SSSR count). The first kappa shape index (κ1) is 20.5. The van der Waals surface area contributed by atoms with E-state index in [9.17, 15) is 0 Å². The van der Waals surface area contributed by atoms with Crippen LogP contribution in [0.3, 0.4) is 0 Å². The number of hydroxylamine groups is 4. The molecule has 0 saturated heterocycles. The molecule has 1 unspecified atom stereocenters. The zero-order valence-corrected chi connectivity index (χ0v) is 17.2. The molecule has 0 spiro atoms. The average Bonchev–Trinajstić information content (AvgIpc) is 2.60. The van der Waals surface area contributed by atoms with Crippen molar-refractivity contribution in [2.45, 2.75) is 54.5 Å². The van der Waals surface area contributed by atoms with Gasteiger partial charge in [-0.2, -0.15) is 4.84 Å². The van der Waals surface area contributed by atoms with Gasteiger partial charge in [0.25, 0.3) is 0 Å². The van der Waals surface area contributed by atoms with E-state index < -0.39 is 0 Å². The molecule has 3 nitrogen and oxygen atoms in total. The number of benzene rings is 2. The summed E-state index contributed by atoms with van der Waals surface area (Å²) in [6.45, 7) is 14.9. The molecule has 0 saturated carbocycles. The minimum atomic E-state index is 0.143. The van der Waals surface area contributed by atoms with Crippen LogP contribution >= 0.6 is 0 Å². The van der Waals surface area contributed by atoms with Crippen molar-refractivity contribution in [3.05, 3.63) is 64.7 Å². The van der Waals surface area contributed by atoms with E-state index in [2.05, 4.69) is 77.1 Å². The lowest BCUT2D eigenvalue weighted by Gasteiger charge is -2.32. The van der Waals surface area contributed by atoms with Crippen molar-refractivity contribution in [2.75, 3.05) is 13.2 Å². The molecule has 2 aromatic rings. The van der Waals surface area contributed by atoms with Gasteiger partial charge in [-0.25, -0.2) is 0 Å². The van der Waals surface area contributed by atoms with Gasteiger partial charge in [-0.05, 0) is 68.9 Å². The Balaban J connectivity index is 2.24. The summed E-state index contributed by atoms with van der Waals surface area (Å²) in [6.07, 6.45) is 1.09. The molecule has 142 valence electrons. The van der Waals surface area contributed by atoms with Crippen molar-refractivity contribution in [1.29, 1.82) is 0 Å². The normalized spacial score (nSPS) is 13.7. The summed E-state index contributed by atoms with van der Waals surface area (Å²) in [5.74, 6) is 1.50. The summed E-state index contributed by atoms with van der Waals surface area (Å²) in [4.78, 5) is 12.6. The SMILES string of the molecule is CCO[N+](CC)(Cc1cccc(C)c1C)Oc1ccc(CC(C)C)cc1. The van der Waals surface area contributed by atoms with E-state index >= 15 is 0 Å². The Bertz CT molecular complexity index is 694. The van der Waals surface area contributed by atoms with Crippen LogP contribution in [0.1, 0.15) is 49.9 Å². The minimum Gasteiger partial charge on any atom is -0.280 e. The topological polar surface area (TPSA) is 18.5 Å². The molecule has 0 N–H and O–H groups in total. The van der Waals surface area contributed by atoms with Gasteiger partial charge in [-0.1, -0.05) is 44.2 Å². The molecule has 0 heterocycles. The van der Waals surface area contributed by atoms with E-state index in [1.807, 2.05) is 6.92 Å². The molecule has 0 bridgehead atoms. The Morgan fingerprint density at radius 2 is 1.65 bits per heavy atom. The van der Waals surface area contributed by atoms with Crippen molar-refractivity contribution in [3.8, 4) is 5.75 Å². The fourth-order valence-electron chi connectivity index (χ4n) is 3.20. The maximum atomic E-state index is 6.37. The highest BCUT2D eigenvalue weighted by molar-refractivity contribution is 5.32. The summed E-state index contributed by atoms with van der Waals surface area (Å²) in [5, 5.41) is 0. The standard InChI is InChI=1S/C23H34NO2/c1-7-24(25-8-2,17-22-11-9-10-19(5)20(22)6)26-23-14-12-21(13-15-23)16-18(3)4/h9-15,18H,7-8,16-17H2,1-6H3/q+1. The van der Waals surface area contributed by atoms with Crippen molar-refractivity contribution in [2.24, 2.45) is 5.92 Å². The lowest BCUT2D eigenvalue weighted by Crippen LogP contribution is -2.50. The van der Waals surface area contributed by atoms with Crippen LogP contribution in [-0.4, -0.2) is 18.0 Å². The van der Waals surface area contributed by atoms with E-state index in [1.165, 1.54) is 22.3 Å². The number of hydrogen-bond acceptors (Lipinski definition) is 2. The number of aryl methyl sites for hydroxylation is 1. The second kappa shape index (κ2) is 9.20. The van der Waals surface area contributed by atoms with E-state index in [4.69, 9.17) is 9.68 Å². The predicted octanol–water partition coefficient (Wildman–Crippen LogP) is 5.78. The number of hydrogen-bond donors (Lipinski definition) is 0. The highest BCUT2D eigenvalue weighted by atomic mass is 17.0. The average molecular weight is 357 g/mol. The van der Waals surface area contributed by atoms with E-state index in [0.717, 1.165) is 18.7 Å². The van der Waals surface area contributed by atoms with Gasteiger partial charge in [-0.3, -0.25) is 4.84 Å². The third-order valence-corrected chi connectivity index (χ3v) is 4.81. The zero-order valence-electron chi connectivity index (χ0n) is 17.2. The third kappa shape index (κ3) is 5.33. The Kier molecular flexibility index (Phi) is 7.24. The summed E-state index contributed by atoms with van der Waals surface area (Å²) >= 11 is 0. The van der Waals surface area contributed by atoms with E-state index in [-0.39, 0.29) is 4.81 Å². The lowest BCUT2D eigenvalue weighted by atomic mass is 10.0. The second-order valence-electron chi connectivity index (χ2n) is 7.40. The first-order valence-corrected chi connectivity index (χ1v) is 9.74. The molecule has 0 aliphatic heterocycles. The molecule has 26 heavy (non-hydrogen) atoms. The van der Waals surface area contributed by atoms with Crippen LogP contribution in [-0.2, 0) is 17.8 Å². The van der Waals surface area contributed by atoms with Gasteiger partial charge in [0, 0.05) is 10.4 Å². The summed E-state index contributed by atoms with van der Waals surface area (Å²) in [7, 11) is 0. The van der Waals surface area contributed by atoms with Crippen molar-refractivity contribution >= 4 is 0 Å². The monoisotopic (exact) mass is 356 g/mol. The Morgan fingerprint density at radius 3 is 2.23 bits per heavy atom. The van der Waals surface area contributed by atoms with Crippen LogP contribution < -0.4 is 4.84 Å². The molecule has 0 amide bonds. The van der Waals surface area contributed by atoms with Gasteiger partial charge in [0.15, 0.2) is 12.3 Å². The fourth-order valence-corrected chi connectivity index (χ4v) is 3.20. The van der Waals surface area contributed by atoms with Gasteiger partial charge in [0.1, 0.15) is 13.2 Å². The summed E-state index contributed by atoms with van der Waals surface area (Å²) in [5.41, 5.74) is 5.20. The van der Waals surface area contributed by atoms with Gasteiger partial charge < -0.3 is 0 Å². The molecule has 0 aliphatic carbocycles. The molecule has 0 radical (unpaired) electrons. The fraction of sp³-hybridized carbons (Fsp3) is 0.478.